The molecule has 0 spiro atoms. The van der Waals surface area contributed by atoms with E-state index in [9.17, 15) is 9.59 Å². The Bertz CT molecular complexity index is 524. The second kappa shape index (κ2) is 18.4. The number of carbonyl (C=O) groups excluding carboxylic acids is 2. The van der Waals surface area contributed by atoms with E-state index < -0.39 is 0 Å². The van der Waals surface area contributed by atoms with Crippen molar-refractivity contribution >= 4 is 12.2 Å². The summed E-state index contributed by atoms with van der Waals surface area (Å²) in [6.07, 6.45) is 22.5. The quantitative estimate of drug-likeness (QED) is 0.193. The molecule has 29 heavy (non-hydrogen) atoms. The average molecular weight is 402 g/mol. The molecule has 164 valence electrons. The molecule has 0 fully saturated rings. The summed E-state index contributed by atoms with van der Waals surface area (Å²) in [4.78, 5) is 22.6. The number of benzene rings is 1. The van der Waals surface area contributed by atoms with Crippen molar-refractivity contribution in [3.05, 3.63) is 35.4 Å². The fourth-order valence-electron chi connectivity index (χ4n) is 3.69. The number of hydrogen-bond donors (Lipinski definition) is 1. The first kappa shape index (κ1) is 25.4. The molecule has 1 rings (SSSR count). The summed E-state index contributed by atoms with van der Waals surface area (Å²) in [6.45, 7) is 3.01. The van der Waals surface area contributed by atoms with Gasteiger partial charge in [-0.2, -0.15) is 0 Å². The molecule has 3 heteroatoms. The van der Waals surface area contributed by atoms with E-state index >= 15 is 0 Å². The maximum absolute atomic E-state index is 12.0. The van der Waals surface area contributed by atoms with Crippen LogP contribution in [0.1, 0.15) is 130 Å². The third-order valence-corrected chi connectivity index (χ3v) is 5.62. The highest BCUT2D eigenvalue weighted by Gasteiger charge is 2.04. The molecule has 0 atom stereocenters. The zero-order chi connectivity index (χ0) is 21.0. The fraction of sp³-hybridized carbons (Fsp3) is 0.692. The highest BCUT2D eigenvalue weighted by molar-refractivity contribution is 5.94. The van der Waals surface area contributed by atoms with Gasteiger partial charge < -0.3 is 5.32 Å². The van der Waals surface area contributed by atoms with E-state index in [1.807, 2.05) is 0 Å². The molecule has 0 unspecified atom stereocenters. The Morgan fingerprint density at radius 3 is 1.52 bits per heavy atom. The molecule has 1 aromatic carbocycles. The first-order chi connectivity index (χ1) is 14.3. The van der Waals surface area contributed by atoms with E-state index in [-0.39, 0.29) is 5.91 Å². The van der Waals surface area contributed by atoms with Crippen molar-refractivity contribution in [3.8, 4) is 0 Å². The maximum Gasteiger partial charge on any atom is 0.251 e. The first-order valence-electron chi connectivity index (χ1n) is 12.1. The van der Waals surface area contributed by atoms with Gasteiger partial charge in [0, 0.05) is 17.7 Å². The normalized spacial score (nSPS) is 10.8. The lowest BCUT2D eigenvalue weighted by Gasteiger charge is -2.06. The van der Waals surface area contributed by atoms with E-state index in [0.29, 0.717) is 11.1 Å². The number of nitrogens with one attached hydrogen (secondary N) is 1. The Balaban J connectivity index is 1.82. The van der Waals surface area contributed by atoms with Crippen LogP contribution in [0.25, 0.3) is 0 Å². The van der Waals surface area contributed by atoms with Gasteiger partial charge in [0.25, 0.3) is 5.91 Å². The SMILES string of the molecule is CCCCCCCCCCCCCCCCCCNC(=O)c1ccc(C=O)cc1. The zero-order valence-corrected chi connectivity index (χ0v) is 18.7. The van der Waals surface area contributed by atoms with Gasteiger partial charge in [-0.25, -0.2) is 0 Å². The summed E-state index contributed by atoms with van der Waals surface area (Å²) in [5, 5.41) is 2.96. The van der Waals surface area contributed by atoms with Crippen molar-refractivity contribution in [2.45, 2.75) is 110 Å². The average Bonchev–Trinajstić information content (AvgIpc) is 2.75. The van der Waals surface area contributed by atoms with E-state index in [0.717, 1.165) is 19.3 Å². The smallest absolute Gasteiger partial charge is 0.251 e. The lowest BCUT2D eigenvalue weighted by molar-refractivity contribution is 0.0952. The Morgan fingerprint density at radius 2 is 1.10 bits per heavy atom. The zero-order valence-electron chi connectivity index (χ0n) is 18.7. The molecule has 1 aromatic rings. The van der Waals surface area contributed by atoms with Crippen molar-refractivity contribution in [1.29, 1.82) is 0 Å². The van der Waals surface area contributed by atoms with E-state index in [1.54, 1.807) is 24.3 Å². The van der Waals surface area contributed by atoms with Crippen LogP contribution in [-0.4, -0.2) is 18.7 Å². The van der Waals surface area contributed by atoms with Crippen LogP contribution in [0.15, 0.2) is 24.3 Å². The standard InChI is InChI=1S/C26H43NO2/c1-2-3-4-5-6-7-8-9-10-11-12-13-14-15-16-17-22-27-26(29)25-20-18-24(23-28)19-21-25/h18-21,23H,2-17,22H2,1H3,(H,27,29). The molecule has 1 amide bonds. The second-order valence-electron chi connectivity index (χ2n) is 8.30. The molecular formula is C26H43NO2. The number of carbonyl (C=O) groups is 2. The third kappa shape index (κ3) is 14.1. The minimum absolute atomic E-state index is 0.0524. The molecule has 3 nitrogen and oxygen atoms in total. The molecule has 0 saturated heterocycles. The largest absolute Gasteiger partial charge is 0.352 e. The molecule has 0 heterocycles. The summed E-state index contributed by atoms with van der Waals surface area (Å²) in [7, 11) is 0. The van der Waals surface area contributed by atoms with Gasteiger partial charge in [0.1, 0.15) is 6.29 Å². The lowest BCUT2D eigenvalue weighted by atomic mass is 10.0. The lowest BCUT2D eigenvalue weighted by Crippen LogP contribution is -2.24. The van der Waals surface area contributed by atoms with Crippen molar-refractivity contribution in [1.82, 2.24) is 5.32 Å². The molecule has 0 radical (unpaired) electrons. The van der Waals surface area contributed by atoms with Gasteiger partial charge in [0.05, 0.1) is 0 Å². The Morgan fingerprint density at radius 1 is 0.690 bits per heavy atom. The van der Waals surface area contributed by atoms with Gasteiger partial charge in [-0.05, 0) is 18.6 Å². The Kier molecular flexibility index (Phi) is 16.1. The van der Waals surface area contributed by atoms with Gasteiger partial charge in [0.15, 0.2) is 0 Å². The maximum atomic E-state index is 12.0. The van der Waals surface area contributed by atoms with Gasteiger partial charge >= 0.3 is 0 Å². The number of hydrogen-bond acceptors (Lipinski definition) is 2. The van der Waals surface area contributed by atoms with Crippen molar-refractivity contribution in [3.63, 3.8) is 0 Å². The third-order valence-electron chi connectivity index (χ3n) is 5.62. The van der Waals surface area contributed by atoms with Crippen LogP contribution in [0.2, 0.25) is 0 Å². The summed E-state index contributed by atoms with van der Waals surface area (Å²) in [5.74, 6) is -0.0524. The molecule has 0 aliphatic rings. The molecule has 1 N–H and O–H groups in total. The summed E-state index contributed by atoms with van der Waals surface area (Å²) in [6, 6.07) is 6.76. The van der Waals surface area contributed by atoms with E-state index in [1.165, 1.54) is 96.3 Å². The first-order valence-corrected chi connectivity index (χ1v) is 12.1. The minimum atomic E-state index is -0.0524. The Labute approximate surface area is 179 Å². The molecule has 0 aliphatic carbocycles. The molecule has 0 aliphatic heterocycles. The number of rotatable bonds is 19. The van der Waals surface area contributed by atoms with Crippen LogP contribution in [0.4, 0.5) is 0 Å². The number of amides is 1. The van der Waals surface area contributed by atoms with Gasteiger partial charge in [-0.1, -0.05) is 115 Å². The summed E-state index contributed by atoms with van der Waals surface area (Å²) >= 11 is 0. The molecule has 0 bridgehead atoms. The van der Waals surface area contributed by atoms with Gasteiger partial charge in [0.2, 0.25) is 0 Å². The topological polar surface area (TPSA) is 46.2 Å². The molecular weight excluding hydrogens is 358 g/mol. The predicted molar refractivity (Wildman–Crippen MR) is 124 cm³/mol. The van der Waals surface area contributed by atoms with Crippen LogP contribution < -0.4 is 5.32 Å². The van der Waals surface area contributed by atoms with E-state index in [4.69, 9.17) is 0 Å². The van der Waals surface area contributed by atoms with Crippen LogP contribution in [0.3, 0.4) is 0 Å². The van der Waals surface area contributed by atoms with Crippen LogP contribution >= 0.6 is 0 Å². The summed E-state index contributed by atoms with van der Waals surface area (Å²) in [5.41, 5.74) is 1.21. The predicted octanol–water partition coefficient (Wildman–Crippen LogP) is 7.49. The van der Waals surface area contributed by atoms with Gasteiger partial charge in [-0.15, -0.1) is 0 Å². The van der Waals surface area contributed by atoms with E-state index in [2.05, 4.69) is 12.2 Å². The highest BCUT2D eigenvalue weighted by atomic mass is 16.1. The molecule has 0 aromatic heterocycles. The minimum Gasteiger partial charge on any atom is -0.352 e. The fourth-order valence-corrected chi connectivity index (χ4v) is 3.69. The monoisotopic (exact) mass is 401 g/mol. The van der Waals surface area contributed by atoms with Crippen molar-refractivity contribution in [2.24, 2.45) is 0 Å². The second-order valence-corrected chi connectivity index (χ2v) is 8.30. The van der Waals surface area contributed by atoms with Gasteiger partial charge in [-0.3, -0.25) is 9.59 Å². The molecule has 0 saturated carbocycles. The highest BCUT2D eigenvalue weighted by Crippen LogP contribution is 2.13. The van der Waals surface area contributed by atoms with Crippen molar-refractivity contribution < 1.29 is 9.59 Å². The van der Waals surface area contributed by atoms with Crippen molar-refractivity contribution in [2.75, 3.05) is 6.54 Å². The van der Waals surface area contributed by atoms with Crippen LogP contribution in [0.5, 0.6) is 0 Å². The van der Waals surface area contributed by atoms with Crippen LogP contribution in [0, 0.1) is 0 Å². The van der Waals surface area contributed by atoms with Crippen LogP contribution in [-0.2, 0) is 0 Å². The summed E-state index contributed by atoms with van der Waals surface area (Å²) < 4.78 is 0. The Hall–Kier alpha value is -1.64. The number of aldehydes is 1. The number of unbranched alkanes of at least 4 members (excludes halogenated alkanes) is 15.